The number of rotatable bonds is 4. The molecule has 2 aromatic carbocycles. The number of carbonyl (C=O) groups excluding carboxylic acids is 1. The molecular formula is C23H29N3O2. The van der Waals surface area contributed by atoms with Gasteiger partial charge in [-0.2, -0.15) is 0 Å². The van der Waals surface area contributed by atoms with E-state index in [-0.39, 0.29) is 11.9 Å². The standard InChI is InChI=1S/C23H29N3O2/c1-17(2)25-12-14-26(15-13-25)19-9-7-18(8-10-19)23(27)24-21-11-16-28-22-6-4-3-5-20(21)22/h3-10,17,21H,11-16H2,1-2H3,(H,24,27)/t21-/m1/s1. The SMILES string of the molecule is CC(C)N1CCN(c2ccc(C(=O)N[C@@H]3CCOc4ccccc43)cc2)CC1. The van der Waals surface area contributed by atoms with Gasteiger partial charge in [-0.05, 0) is 44.2 Å². The fourth-order valence-corrected chi connectivity index (χ4v) is 4.05. The van der Waals surface area contributed by atoms with Gasteiger partial charge in [0.2, 0.25) is 0 Å². The van der Waals surface area contributed by atoms with E-state index in [4.69, 9.17) is 4.74 Å². The average molecular weight is 380 g/mol. The van der Waals surface area contributed by atoms with Gasteiger partial charge in [0.05, 0.1) is 12.6 Å². The van der Waals surface area contributed by atoms with Gasteiger partial charge in [-0.3, -0.25) is 9.69 Å². The Morgan fingerprint density at radius 1 is 1.04 bits per heavy atom. The molecular weight excluding hydrogens is 350 g/mol. The van der Waals surface area contributed by atoms with Gasteiger partial charge in [-0.1, -0.05) is 18.2 Å². The number of amides is 1. The quantitative estimate of drug-likeness (QED) is 0.884. The highest BCUT2D eigenvalue weighted by Gasteiger charge is 2.23. The highest BCUT2D eigenvalue weighted by Crippen LogP contribution is 2.31. The largest absolute Gasteiger partial charge is 0.493 e. The smallest absolute Gasteiger partial charge is 0.251 e. The van der Waals surface area contributed by atoms with Crippen molar-refractivity contribution in [1.29, 1.82) is 0 Å². The fourth-order valence-electron chi connectivity index (χ4n) is 4.05. The van der Waals surface area contributed by atoms with Gasteiger partial charge >= 0.3 is 0 Å². The first kappa shape index (κ1) is 18.8. The second kappa shape index (κ2) is 8.23. The van der Waals surface area contributed by atoms with Crippen LogP contribution in [0.4, 0.5) is 5.69 Å². The zero-order valence-electron chi connectivity index (χ0n) is 16.7. The third-order valence-corrected chi connectivity index (χ3v) is 5.80. The molecule has 2 aromatic rings. The molecule has 0 saturated carbocycles. The minimum atomic E-state index is -0.0297. The second-order valence-electron chi connectivity index (χ2n) is 7.86. The molecule has 0 aromatic heterocycles. The number of benzene rings is 2. The summed E-state index contributed by atoms with van der Waals surface area (Å²) in [5.41, 5.74) is 2.95. The third kappa shape index (κ3) is 3.99. The van der Waals surface area contributed by atoms with Crippen LogP contribution in [0.25, 0.3) is 0 Å². The molecule has 0 spiro atoms. The van der Waals surface area contributed by atoms with Crippen molar-refractivity contribution in [2.75, 3.05) is 37.7 Å². The summed E-state index contributed by atoms with van der Waals surface area (Å²) in [6, 6.07) is 16.5. The molecule has 0 radical (unpaired) electrons. The third-order valence-electron chi connectivity index (χ3n) is 5.80. The van der Waals surface area contributed by atoms with Gasteiger partial charge in [0, 0.05) is 55.5 Å². The Kier molecular flexibility index (Phi) is 5.53. The highest BCUT2D eigenvalue weighted by molar-refractivity contribution is 5.94. The van der Waals surface area contributed by atoms with E-state index in [0.29, 0.717) is 18.2 Å². The molecule has 2 aliphatic rings. The van der Waals surface area contributed by atoms with Crippen molar-refractivity contribution in [3.05, 3.63) is 59.7 Å². The first-order chi connectivity index (χ1) is 13.6. The van der Waals surface area contributed by atoms with E-state index in [9.17, 15) is 4.79 Å². The van der Waals surface area contributed by atoms with Gasteiger partial charge in [-0.15, -0.1) is 0 Å². The van der Waals surface area contributed by atoms with Crippen molar-refractivity contribution < 1.29 is 9.53 Å². The summed E-state index contributed by atoms with van der Waals surface area (Å²) < 4.78 is 5.69. The van der Waals surface area contributed by atoms with Crippen molar-refractivity contribution in [3.8, 4) is 5.75 Å². The summed E-state index contributed by atoms with van der Waals surface area (Å²) in [5, 5.41) is 3.17. The van der Waals surface area contributed by atoms with Gasteiger partial charge in [0.1, 0.15) is 5.75 Å². The molecule has 1 N–H and O–H groups in total. The lowest BCUT2D eigenvalue weighted by atomic mass is 10.00. The molecule has 5 nitrogen and oxygen atoms in total. The number of nitrogens with zero attached hydrogens (tertiary/aromatic N) is 2. The number of piperazine rings is 1. The van der Waals surface area contributed by atoms with Crippen molar-refractivity contribution in [2.24, 2.45) is 0 Å². The van der Waals surface area contributed by atoms with Crippen LogP contribution in [0, 0.1) is 0 Å². The maximum atomic E-state index is 12.8. The van der Waals surface area contributed by atoms with Crippen LogP contribution in [0.15, 0.2) is 48.5 Å². The van der Waals surface area contributed by atoms with Crippen LogP contribution < -0.4 is 15.0 Å². The molecule has 1 amide bonds. The number of fused-ring (bicyclic) bond motifs is 1. The maximum Gasteiger partial charge on any atom is 0.251 e. The monoisotopic (exact) mass is 379 g/mol. The average Bonchev–Trinajstić information content (AvgIpc) is 2.74. The fraction of sp³-hybridized carbons (Fsp3) is 0.435. The Balaban J connectivity index is 1.39. The molecule has 2 aliphatic heterocycles. The topological polar surface area (TPSA) is 44.8 Å². The molecule has 1 saturated heterocycles. The van der Waals surface area contributed by atoms with Crippen LogP contribution in [-0.4, -0.2) is 49.6 Å². The summed E-state index contributed by atoms with van der Waals surface area (Å²) >= 11 is 0. The molecule has 1 fully saturated rings. The second-order valence-corrected chi connectivity index (χ2v) is 7.86. The minimum absolute atomic E-state index is 0.00115. The number of ether oxygens (including phenoxy) is 1. The van der Waals surface area contributed by atoms with Crippen LogP contribution in [0.1, 0.15) is 42.2 Å². The van der Waals surface area contributed by atoms with Crippen LogP contribution in [0.2, 0.25) is 0 Å². The molecule has 0 unspecified atom stereocenters. The summed E-state index contributed by atoms with van der Waals surface area (Å²) in [6.45, 7) is 9.36. The number of carbonyl (C=O) groups is 1. The van der Waals surface area contributed by atoms with E-state index < -0.39 is 0 Å². The van der Waals surface area contributed by atoms with E-state index in [2.05, 4.69) is 41.1 Å². The first-order valence-electron chi connectivity index (χ1n) is 10.2. The zero-order chi connectivity index (χ0) is 19.5. The summed E-state index contributed by atoms with van der Waals surface area (Å²) in [4.78, 5) is 17.7. The Hall–Kier alpha value is -2.53. The molecule has 0 aliphatic carbocycles. The summed E-state index contributed by atoms with van der Waals surface area (Å²) in [6.07, 6.45) is 0.793. The minimum Gasteiger partial charge on any atom is -0.493 e. The molecule has 4 rings (SSSR count). The molecule has 28 heavy (non-hydrogen) atoms. The van der Waals surface area contributed by atoms with Crippen molar-refractivity contribution in [2.45, 2.75) is 32.4 Å². The Morgan fingerprint density at radius 2 is 1.75 bits per heavy atom. The first-order valence-corrected chi connectivity index (χ1v) is 10.2. The highest BCUT2D eigenvalue weighted by atomic mass is 16.5. The van der Waals surface area contributed by atoms with Gasteiger partial charge in [0.25, 0.3) is 5.91 Å². The Morgan fingerprint density at radius 3 is 2.46 bits per heavy atom. The van der Waals surface area contributed by atoms with Crippen LogP contribution in [0.3, 0.4) is 0 Å². The summed E-state index contributed by atoms with van der Waals surface area (Å²) in [5.74, 6) is 0.841. The van der Waals surface area contributed by atoms with Crippen molar-refractivity contribution >= 4 is 11.6 Å². The van der Waals surface area contributed by atoms with Crippen LogP contribution >= 0.6 is 0 Å². The normalized spacial score (nSPS) is 19.8. The maximum absolute atomic E-state index is 12.8. The number of hydrogen-bond acceptors (Lipinski definition) is 4. The predicted octanol–water partition coefficient (Wildman–Crippen LogP) is 3.47. The van der Waals surface area contributed by atoms with Gasteiger partial charge < -0.3 is 15.0 Å². The number of para-hydroxylation sites is 1. The van der Waals surface area contributed by atoms with Gasteiger partial charge in [0.15, 0.2) is 0 Å². The molecule has 148 valence electrons. The number of nitrogens with one attached hydrogen (secondary N) is 1. The lowest BCUT2D eigenvalue weighted by molar-refractivity contribution is 0.0925. The zero-order valence-corrected chi connectivity index (χ0v) is 16.7. The van der Waals surface area contributed by atoms with E-state index >= 15 is 0 Å². The van der Waals surface area contributed by atoms with E-state index in [0.717, 1.165) is 43.9 Å². The van der Waals surface area contributed by atoms with Crippen LogP contribution in [-0.2, 0) is 0 Å². The number of hydrogen-bond donors (Lipinski definition) is 1. The molecule has 0 bridgehead atoms. The lowest BCUT2D eigenvalue weighted by Gasteiger charge is -2.38. The van der Waals surface area contributed by atoms with E-state index in [1.807, 2.05) is 36.4 Å². The van der Waals surface area contributed by atoms with Crippen LogP contribution in [0.5, 0.6) is 5.75 Å². The van der Waals surface area contributed by atoms with Crippen molar-refractivity contribution in [1.82, 2.24) is 10.2 Å². The Bertz CT molecular complexity index is 811. The lowest BCUT2D eigenvalue weighted by Crippen LogP contribution is -2.48. The van der Waals surface area contributed by atoms with E-state index in [1.54, 1.807) is 0 Å². The Labute approximate surface area is 167 Å². The van der Waals surface area contributed by atoms with E-state index in [1.165, 1.54) is 5.69 Å². The van der Waals surface area contributed by atoms with Gasteiger partial charge in [-0.25, -0.2) is 0 Å². The molecule has 2 heterocycles. The molecule has 1 atom stereocenters. The number of anilines is 1. The summed E-state index contributed by atoms with van der Waals surface area (Å²) in [7, 11) is 0. The molecule has 5 heteroatoms. The predicted molar refractivity (Wildman–Crippen MR) is 112 cm³/mol. The van der Waals surface area contributed by atoms with Crippen molar-refractivity contribution in [3.63, 3.8) is 0 Å².